The number of hydrogen-bond donors (Lipinski definition) is 2. The number of nitrogens with one attached hydrogen (secondary N) is 1. The van der Waals surface area contributed by atoms with Crippen molar-refractivity contribution in [2.24, 2.45) is 5.73 Å². The number of rotatable bonds is 7. The second-order valence-electron chi connectivity index (χ2n) is 9.42. The maximum atomic E-state index is 15.2. The molecule has 0 radical (unpaired) electrons. The van der Waals surface area contributed by atoms with Crippen molar-refractivity contribution in [3.63, 3.8) is 0 Å². The van der Waals surface area contributed by atoms with Crippen LogP contribution in [0.5, 0.6) is 5.75 Å². The summed E-state index contributed by atoms with van der Waals surface area (Å²) < 4.78 is 35.8. The largest absolute Gasteiger partial charge is 0.481 e. The Bertz CT molecular complexity index is 1250. The third-order valence-corrected chi connectivity index (χ3v) is 5.63. The average Bonchev–Trinajstić information content (AvgIpc) is 2.79. The molecule has 3 heterocycles. The number of hydrogen-bond acceptors (Lipinski definition) is 7. The van der Waals surface area contributed by atoms with E-state index in [2.05, 4.69) is 20.3 Å². The molecule has 3 aromatic rings. The van der Waals surface area contributed by atoms with E-state index in [4.69, 9.17) is 10.5 Å². The van der Waals surface area contributed by atoms with Gasteiger partial charge in [-0.1, -0.05) is 6.07 Å². The number of pyridine rings is 1. The van der Waals surface area contributed by atoms with Crippen LogP contribution < -0.4 is 20.7 Å². The molecule has 2 aromatic heterocycles. The first-order chi connectivity index (χ1) is 16.5. The van der Waals surface area contributed by atoms with Crippen LogP contribution in [0.25, 0.3) is 11.3 Å². The molecule has 0 fully saturated rings. The average molecular weight is 483 g/mol. The second-order valence-corrected chi connectivity index (χ2v) is 9.42. The van der Waals surface area contributed by atoms with Crippen LogP contribution in [0, 0.1) is 11.6 Å². The van der Waals surface area contributed by atoms with Crippen LogP contribution in [0.2, 0.25) is 0 Å². The number of benzene rings is 1. The van der Waals surface area contributed by atoms with E-state index in [1.807, 2.05) is 32.6 Å². The Balaban J connectivity index is 1.64. The molecule has 184 valence electrons. The first-order valence-electron chi connectivity index (χ1n) is 11.3. The van der Waals surface area contributed by atoms with Crippen LogP contribution in [0.3, 0.4) is 0 Å². The van der Waals surface area contributed by atoms with Crippen LogP contribution in [0.1, 0.15) is 39.7 Å². The molecule has 35 heavy (non-hydrogen) atoms. The third-order valence-electron chi connectivity index (χ3n) is 5.63. The molecule has 0 bridgehead atoms. The Hall–Kier alpha value is -3.82. The van der Waals surface area contributed by atoms with Crippen molar-refractivity contribution in [2.75, 3.05) is 16.8 Å². The van der Waals surface area contributed by atoms with Gasteiger partial charge in [0.15, 0.2) is 17.4 Å². The Morgan fingerprint density at radius 1 is 1.20 bits per heavy atom. The molecule has 0 saturated carbocycles. The molecule has 1 amide bonds. The molecule has 0 unspecified atom stereocenters. The molecular formula is C25H28F2N6O2. The smallest absolute Gasteiger partial charge is 0.229 e. The Kier molecular flexibility index (Phi) is 6.56. The highest BCUT2D eigenvalue weighted by Crippen LogP contribution is 2.42. The van der Waals surface area contributed by atoms with Crippen molar-refractivity contribution in [1.29, 1.82) is 0 Å². The van der Waals surface area contributed by atoms with Gasteiger partial charge in [-0.3, -0.25) is 4.79 Å². The van der Waals surface area contributed by atoms with E-state index in [9.17, 15) is 9.18 Å². The van der Waals surface area contributed by atoms with Gasteiger partial charge in [0.25, 0.3) is 0 Å². The van der Waals surface area contributed by atoms with E-state index >= 15 is 4.39 Å². The topological polar surface area (TPSA) is 106 Å². The number of primary amides is 1. The molecule has 1 aliphatic rings. The fourth-order valence-electron chi connectivity index (χ4n) is 3.95. The SMILES string of the molecule is CC(C)N1CC(C)(C)Oc2c(F)cc(-c3nc(Nc4ccc(CCC(N)=O)cn4)ncc3F)cc21. The predicted molar refractivity (Wildman–Crippen MR) is 130 cm³/mol. The Morgan fingerprint density at radius 2 is 1.97 bits per heavy atom. The van der Waals surface area contributed by atoms with E-state index in [0.717, 1.165) is 11.8 Å². The van der Waals surface area contributed by atoms with Crippen LogP contribution in [0.15, 0.2) is 36.7 Å². The molecular weight excluding hydrogens is 454 g/mol. The number of anilines is 3. The van der Waals surface area contributed by atoms with E-state index in [1.54, 1.807) is 24.4 Å². The van der Waals surface area contributed by atoms with Crippen LogP contribution >= 0.6 is 0 Å². The van der Waals surface area contributed by atoms with Crippen LogP contribution in [-0.2, 0) is 11.2 Å². The number of aromatic nitrogens is 3. The van der Waals surface area contributed by atoms with Gasteiger partial charge >= 0.3 is 0 Å². The summed E-state index contributed by atoms with van der Waals surface area (Å²) >= 11 is 0. The Morgan fingerprint density at radius 3 is 2.63 bits per heavy atom. The van der Waals surface area contributed by atoms with Crippen molar-refractivity contribution in [1.82, 2.24) is 15.0 Å². The predicted octanol–water partition coefficient (Wildman–Crippen LogP) is 4.36. The minimum Gasteiger partial charge on any atom is -0.481 e. The monoisotopic (exact) mass is 482 g/mol. The summed E-state index contributed by atoms with van der Waals surface area (Å²) in [5, 5.41) is 2.93. The van der Waals surface area contributed by atoms with Gasteiger partial charge in [0, 0.05) is 24.2 Å². The molecule has 0 aliphatic carbocycles. The number of ether oxygens (including phenoxy) is 1. The number of aryl methyl sites for hydroxylation is 1. The third kappa shape index (κ3) is 5.47. The van der Waals surface area contributed by atoms with Crippen molar-refractivity contribution in [3.8, 4) is 17.0 Å². The molecule has 3 N–H and O–H groups in total. The maximum absolute atomic E-state index is 15.2. The minimum atomic E-state index is -0.683. The zero-order valence-corrected chi connectivity index (χ0v) is 20.1. The summed E-state index contributed by atoms with van der Waals surface area (Å²) in [7, 11) is 0. The zero-order chi connectivity index (χ0) is 25.3. The van der Waals surface area contributed by atoms with Gasteiger partial charge in [0.05, 0.1) is 18.4 Å². The minimum absolute atomic E-state index is 0.0455. The van der Waals surface area contributed by atoms with E-state index < -0.39 is 17.2 Å². The number of fused-ring (bicyclic) bond motifs is 1. The lowest BCUT2D eigenvalue weighted by atomic mass is 10.0. The van der Waals surface area contributed by atoms with Crippen molar-refractivity contribution in [3.05, 3.63) is 53.9 Å². The molecule has 4 rings (SSSR count). The standard InChI is InChI=1S/C25H28F2N6O2/c1-14(2)33-13-25(3,4)35-23-17(26)9-16(10-19(23)33)22-18(27)12-30-24(32-22)31-21-8-6-15(11-29-21)5-7-20(28)34/h6,8-12,14H,5,7,13H2,1-4H3,(H2,28,34)(H,29,30,31,32). The van der Waals surface area contributed by atoms with Gasteiger partial charge in [-0.25, -0.2) is 23.7 Å². The Labute approximate surface area is 202 Å². The van der Waals surface area contributed by atoms with Gasteiger partial charge < -0.3 is 20.7 Å². The quantitative estimate of drug-likeness (QED) is 0.515. The lowest BCUT2D eigenvalue weighted by Gasteiger charge is -2.43. The molecule has 0 spiro atoms. The van der Waals surface area contributed by atoms with E-state index in [1.165, 1.54) is 6.07 Å². The molecule has 1 aliphatic heterocycles. The molecule has 1 aromatic carbocycles. The fourth-order valence-corrected chi connectivity index (χ4v) is 3.95. The van der Waals surface area contributed by atoms with Crippen molar-refractivity contribution < 1.29 is 18.3 Å². The lowest BCUT2D eigenvalue weighted by molar-refractivity contribution is -0.117. The summed E-state index contributed by atoms with van der Waals surface area (Å²) in [6.07, 6.45) is 3.35. The maximum Gasteiger partial charge on any atom is 0.229 e. The number of nitrogens with two attached hydrogens (primary N) is 1. The highest BCUT2D eigenvalue weighted by atomic mass is 19.1. The number of amides is 1. The first-order valence-corrected chi connectivity index (χ1v) is 11.3. The van der Waals surface area contributed by atoms with Gasteiger partial charge in [-0.2, -0.15) is 0 Å². The van der Waals surface area contributed by atoms with Gasteiger partial charge in [0.2, 0.25) is 11.9 Å². The van der Waals surface area contributed by atoms with Crippen molar-refractivity contribution in [2.45, 2.75) is 52.2 Å². The highest BCUT2D eigenvalue weighted by Gasteiger charge is 2.35. The summed E-state index contributed by atoms with van der Waals surface area (Å²) in [6, 6.07) is 6.48. The summed E-state index contributed by atoms with van der Waals surface area (Å²) in [5.41, 5.74) is 6.23. The molecule has 0 saturated heterocycles. The number of nitrogens with zero attached hydrogens (tertiary/aromatic N) is 4. The second kappa shape index (κ2) is 9.44. The number of halogens is 2. The lowest BCUT2D eigenvalue weighted by Crippen LogP contribution is -2.49. The van der Waals surface area contributed by atoms with Gasteiger partial charge in [-0.15, -0.1) is 0 Å². The van der Waals surface area contributed by atoms with E-state index in [0.29, 0.717) is 24.5 Å². The first kappa shape index (κ1) is 24.3. The molecule has 10 heteroatoms. The zero-order valence-electron chi connectivity index (χ0n) is 20.1. The van der Waals surface area contributed by atoms with Crippen LogP contribution in [0.4, 0.5) is 26.2 Å². The van der Waals surface area contributed by atoms with Gasteiger partial charge in [0.1, 0.15) is 17.1 Å². The summed E-state index contributed by atoms with van der Waals surface area (Å²) in [4.78, 5) is 25.5. The fraction of sp³-hybridized carbons (Fsp3) is 0.360. The van der Waals surface area contributed by atoms with Crippen LogP contribution in [-0.4, -0.2) is 39.0 Å². The molecule has 0 atom stereocenters. The van der Waals surface area contributed by atoms with Crippen molar-refractivity contribution >= 4 is 23.4 Å². The summed E-state index contributed by atoms with van der Waals surface area (Å²) in [5.74, 6) is -0.968. The summed E-state index contributed by atoms with van der Waals surface area (Å²) in [6.45, 7) is 8.38. The number of carbonyl (C=O) groups is 1. The van der Waals surface area contributed by atoms with Gasteiger partial charge in [-0.05, 0) is 57.9 Å². The normalized spacial score (nSPS) is 14.4. The number of carbonyl (C=O) groups excluding carboxylic acids is 1. The van der Waals surface area contributed by atoms with E-state index in [-0.39, 0.29) is 41.3 Å². The highest BCUT2D eigenvalue weighted by molar-refractivity contribution is 5.74. The molecule has 8 nitrogen and oxygen atoms in total.